The average Bonchev–Trinajstić information content (AvgIpc) is 3.11. The molecule has 1 aromatic heterocycles. The van der Waals surface area contributed by atoms with Crippen molar-refractivity contribution >= 4 is 23.4 Å². The third-order valence-electron chi connectivity index (χ3n) is 5.28. The molecule has 2 N–H and O–H groups in total. The maximum Gasteiger partial charge on any atom is 0.128 e. The Morgan fingerprint density at radius 2 is 1.81 bits per heavy atom. The van der Waals surface area contributed by atoms with Crippen LogP contribution < -0.4 is 5.32 Å². The Morgan fingerprint density at radius 3 is 2.62 bits per heavy atom. The van der Waals surface area contributed by atoms with Gasteiger partial charge in [-0.3, -0.25) is 0 Å². The maximum absolute atomic E-state index is 14.5. The van der Waals surface area contributed by atoms with Gasteiger partial charge in [0.1, 0.15) is 5.82 Å². The van der Waals surface area contributed by atoms with Gasteiger partial charge in [0, 0.05) is 12.1 Å². The van der Waals surface area contributed by atoms with Crippen LogP contribution in [0.1, 0.15) is 37.7 Å². The number of H-pyrrole nitrogens is 1. The molecule has 0 saturated heterocycles. The zero-order valence-electron chi connectivity index (χ0n) is 14.8. The molecule has 5 heteroatoms. The van der Waals surface area contributed by atoms with E-state index in [1.54, 1.807) is 12.4 Å². The van der Waals surface area contributed by atoms with Crippen molar-refractivity contribution in [1.82, 2.24) is 15.3 Å². The summed E-state index contributed by atoms with van der Waals surface area (Å²) >= 11 is 0. The van der Waals surface area contributed by atoms with E-state index in [1.807, 2.05) is 30.3 Å². The summed E-state index contributed by atoms with van der Waals surface area (Å²) in [5.74, 6) is 0.621. The van der Waals surface area contributed by atoms with Crippen LogP contribution in [0.2, 0.25) is 0 Å². The van der Waals surface area contributed by atoms with E-state index in [4.69, 9.17) is 0 Å². The van der Waals surface area contributed by atoms with Gasteiger partial charge < -0.3 is 10.3 Å². The Bertz CT molecular complexity index is 855. The number of hydrogen-bond acceptors (Lipinski definition) is 2. The molecule has 0 spiro atoms. The smallest absolute Gasteiger partial charge is 0.128 e. The highest BCUT2D eigenvalue weighted by Gasteiger charge is 2.13. The van der Waals surface area contributed by atoms with Gasteiger partial charge in [-0.1, -0.05) is 37.5 Å². The molecular weight excluding hydrogens is 349 g/mol. The normalized spacial score (nSPS) is 15.1. The quantitative estimate of drug-likeness (QED) is 0.623. The van der Waals surface area contributed by atoms with E-state index >= 15 is 0 Å². The Kier molecular flexibility index (Phi) is 6.28. The van der Waals surface area contributed by atoms with Gasteiger partial charge >= 0.3 is 0 Å². The number of hydrogen-bond donors (Lipinski definition) is 2. The van der Waals surface area contributed by atoms with Gasteiger partial charge in [-0.25, -0.2) is 9.37 Å². The number of rotatable bonds is 5. The number of aromatic amines is 1. The van der Waals surface area contributed by atoms with Crippen LogP contribution in [0.3, 0.4) is 0 Å². The monoisotopic (exact) mass is 373 g/mol. The molecule has 0 bridgehead atoms. The first-order valence-corrected chi connectivity index (χ1v) is 9.22. The minimum absolute atomic E-state index is 0. The highest BCUT2D eigenvalue weighted by molar-refractivity contribution is 5.85. The fourth-order valence-electron chi connectivity index (χ4n) is 3.79. The zero-order chi connectivity index (χ0) is 17.1. The lowest BCUT2D eigenvalue weighted by Gasteiger charge is -2.21. The molecule has 3 nitrogen and oxygen atoms in total. The van der Waals surface area contributed by atoms with Crippen LogP contribution in [-0.2, 0) is 6.54 Å². The van der Waals surface area contributed by atoms with Crippen LogP contribution in [-0.4, -0.2) is 16.5 Å². The van der Waals surface area contributed by atoms with Gasteiger partial charge in [0.25, 0.3) is 0 Å². The number of fused-ring (bicyclic) bond motifs is 1. The Balaban J connectivity index is 0.00000196. The van der Waals surface area contributed by atoms with Crippen molar-refractivity contribution in [2.75, 3.05) is 6.54 Å². The predicted molar refractivity (Wildman–Crippen MR) is 107 cm³/mol. The van der Waals surface area contributed by atoms with Crippen LogP contribution in [0.5, 0.6) is 0 Å². The summed E-state index contributed by atoms with van der Waals surface area (Å²) in [6, 6.07) is 11.5. The summed E-state index contributed by atoms with van der Waals surface area (Å²) in [5.41, 5.74) is 4.52. The topological polar surface area (TPSA) is 40.7 Å². The second kappa shape index (κ2) is 8.65. The molecule has 1 aliphatic rings. The first-order chi connectivity index (χ1) is 12.3. The van der Waals surface area contributed by atoms with Crippen molar-refractivity contribution < 1.29 is 4.39 Å². The SMILES string of the molecule is Cl.Fc1cc(-c2ccc3nc[nH]c3c2)ccc1CNCC1CCCCC1. The maximum atomic E-state index is 14.5. The van der Waals surface area contributed by atoms with Crippen molar-refractivity contribution in [3.05, 3.63) is 54.1 Å². The molecule has 1 aliphatic carbocycles. The fourth-order valence-corrected chi connectivity index (χ4v) is 3.79. The van der Waals surface area contributed by atoms with Crippen molar-refractivity contribution in [1.29, 1.82) is 0 Å². The van der Waals surface area contributed by atoms with E-state index in [0.29, 0.717) is 6.54 Å². The molecular formula is C21H25ClFN3. The van der Waals surface area contributed by atoms with E-state index in [-0.39, 0.29) is 18.2 Å². The molecule has 0 radical (unpaired) electrons. The standard InChI is InChI=1S/C21H24FN3.ClH/c22-19-10-16(17-8-9-20-21(11-17)25-14-24-20)6-7-18(19)13-23-12-15-4-2-1-3-5-15;/h6-11,14-15,23H,1-5,12-13H2,(H,24,25);1H. The lowest BCUT2D eigenvalue weighted by atomic mass is 9.89. The van der Waals surface area contributed by atoms with Crippen LogP contribution >= 0.6 is 12.4 Å². The summed E-state index contributed by atoms with van der Waals surface area (Å²) in [6.45, 7) is 1.60. The average molecular weight is 374 g/mol. The minimum Gasteiger partial charge on any atom is -0.345 e. The molecule has 0 unspecified atom stereocenters. The summed E-state index contributed by atoms with van der Waals surface area (Å²) in [4.78, 5) is 7.32. The van der Waals surface area contributed by atoms with E-state index in [9.17, 15) is 4.39 Å². The molecule has 26 heavy (non-hydrogen) atoms. The van der Waals surface area contributed by atoms with E-state index in [2.05, 4.69) is 15.3 Å². The molecule has 0 amide bonds. The zero-order valence-corrected chi connectivity index (χ0v) is 15.6. The highest BCUT2D eigenvalue weighted by Crippen LogP contribution is 2.25. The van der Waals surface area contributed by atoms with E-state index < -0.39 is 0 Å². The Hall–Kier alpha value is -1.91. The number of benzene rings is 2. The van der Waals surface area contributed by atoms with Crippen molar-refractivity contribution in [2.24, 2.45) is 5.92 Å². The molecule has 3 aromatic rings. The molecule has 138 valence electrons. The second-order valence-corrected chi connectivity index (χ2v) is 7.08. The predicted octanol–water partition coefficient (Wildman–Crippen LogP) is 5.46. The Labute approximate surface area is 159 Å². The fraction of sp³-hybridized carbons (Fsp3) is 0.381. The summed E-state index contributed by atoms with van der Waals surface area (Å²) < 4.78 is 14.5. The van der Waals surface area contributed by atoms with E-state index in [1.165, 1.54) is 32.1 Å². The first kappa shape index (κ1) is 18.9. The van der Waals surface area contributed by atoms with Crippen LogP contribution in [0, 0.1) is 11.7 Å². The second-order valence-electron chi connectivity index (χ2n) is 7.08. The van der Waals surface area contributed by atoms with Crippen LogP contribution in [0.4, 0.5) is 4.39 Å². The van der Waals surface area contributed by atoms with Crippen LogP contribution in [0.25, 0.3) is 22.2 Å². The number of nitrogens with zero attached hydrogens (tertiary/aromatic N) is 1. The molecule has 0 atom stereocenters. The van der Waals surface area contributed by atoms with Crippen molar-refractivity contribution in [3.63, 3.8) is 0 Å². The molecule has 0 aliphatic heterocycles. The summed E-state index contributed by atoms with van der Waals surface area (Å²) in [5, 5.41) is 3.44. The number of halogens is 2. The Morgan fingerprint density at radius 1 is 1.04 bits per heavy atom. The minimum atomic E-state index is -0.140. The molecule has 4 rings (SSSR count). The van der Waals surface area contributed by atoms with Gasteiger partial charge in [-0.2, -0.15) is 0 Å². The molecule has 2 aromatic carbocycles. The van der Waals surface area contributed by atoms with Crippen molar-refractivity contribution in [3.8, 4) is 11.1 Å². The van der Waals surface area contributed by atoms with Crippen molar-refractivity contribution in [2.45, 2.75) is 38.6 Å². The first-order valence-electron chi connectivity index (χ1n) is 9.22. The highest BCUT2D eigenvalue weighted by atomic mass is 35.5. The molecule has 1 fully saturated rings. The lowest BCUT2D eigenvalue weighted by Crippen LogP contribution is -2.24. The molecule has 1 heterocycles. The van der Waals surface area contributed by atoms with Crippen LogP contribution in [0.15, 0.2) is 42.7 Å². The summed E-state index contributed by atoms with van der Waals surface area (Å²) in [6.07, 6.45) is 8.36. The van der Waals surface area contributed by atoms with Gasteiger partial charge in [-0.05, 0) is 54.6 Å². The summed E-state index contributed by atoms with van der Waals surface area (Å²) in [7, 11) is 0. The number of nitrogens with one attached hydrogen (secondary N) is 2. The van der Waals surface area contributed by atoms with Gasteiger partial charge in [-0.15, -0.1) is 12.4 Å². The molecule has 1 saturated carbocycles. The number of imidazole rings is 1. The van der Waals surface area contributed by atoms with Gasteiger partial charge in [0.2, 0.25) is 0 Å². The third-order valence-corrected chi connectivity index (χ3v) is 5.28. The van der Waals surface area contributed by atoms with E-state index in [0.717, 1.165) is 40.2 Å². The largest absolute Gasteiger partial charge is 0.345 e. The third kappa shape index (κ3) is 4.25. The van der Waals surface area contributed by atoms with Gasteiger partial charge in [0.05, 0.1) is 17.4 Å². The van der Waals surface area contributed by atoms with Gasteiger partial charge in [0.15, 0.2) is 0 Å². The number of aromatic nitrogens is 2. The lowest BCUT2D eigenvalue weighted by molar-refractivity contribution is 0.341.